The van der Waals surface area contributed by atoms with Crippen LogP contribution in [0.1, 0.15) is 110 Å². The van der Waals surface area contributed by atoms with Gasteiger partial charge in [-0.15, -0.1) is 21.5 Å². The molecule has 6 heterocycles. The molecular weight excluding hydrogens is 724 g/mol. The zero-order chi connectivity index (χ0) is 37.7. The van der Waals surface area contributed by atoms with Gasteiger partial charge in [-0.3, -0.25) is 43.6 Å². The minimum Gasteiger partial charge on any atom is -0.295 e. The van der Waals surface area contributed by atoms with Gasteiger partial charge in [0.25, 0.3) is 11.8 Å². The lowest BCUT2D eigenvalue weighted by Crippen LogP contribution is -2.54. The first kappa shape index (κ1) is 35.3. The zero-order valence-electron chi connectivity index (χ0n) is 29.9. The van der Waals surface area contributed by atoms with Crippen LogP contribution in [0.4, 0.5) is 0 Å². The van der Waals surface area contributed by atoms with E-state index in [1.165, 1.54) is 0 Å². The van der Waals surface area contributed by atoms with Crippen molar-refractivity contribution in [1.82, 2.24) is 34.8 Å². The average Bonchev–Trinajstić information content (AvgIpc) is 3.89. The number of nitrogens with one attached hydrogen (secondary N) is 1. The topological polar surface area (TPSA) is 144 Å². The van der Waals surface area contributed by atoms with Gasteiger partial charge in [0.05, 0.1) is 33.5 Å². The molecule has 272 valence electrons. The van der Waals surface area contributed by atoms with Crippen molar-refractivity contribution in [2.24, 2.45) is 4.99 Å². The van der Waals surface area contributed by atoms with E-state index in [4.69, 9.17) is 16.6 Å². The Morgan fingerprint density at radius 3 is 2.57 bits per heavy atom. The van der Waals surface area contributed by atoms with Gasteiger partial charge in [-0.25, -0.2) is 0 Å². The van der Waals surface area contributed by atoms with Crippen LogP contribution >= 0.6 is 22.9 Å². The fourth-order valence-electron chi connectivity index (χ4n) is 7.34. The Morgan fingerprint density at radius 2 is 1.78 bits per heavy atom. The number of nitrogens with zero attached hydrogens (tertiary/aromatic N) is 7. The van der Waals surface area contributed by atoms with Crippen molar-refractivity contribution in [3.8, 4) is 16.8 Å². The molecule has 5 aromatic rings. The molecule has 54 heavy (non-hydrogen) atoms. The van der Waals surface area contributed by atoms with Gasteiger partial charge >= 0.3 is 0 Å². The highest BCUT2D eigenvalue weighted by molar-refractivity contribution is 7.15. The SMILES string of the molecule is Cc1c(C#Cc2cnn(CCCCCc3cccc4c3C(=O)N(C3CCC(=O)NC3=O)C4=O)c2)sc2c1C(c1ccc(Cl)cc1)=N[C@@H](C)c1nnc(C)n1-2. The quantitative estimate of drug-likeness (QED) is 0.118. The van der Waals surface area contributed by atoms with Crippen LogP contribution in [-0.4, -0.2) is 64.8 Å². The van der Waals surface area contributed by atoms with Crippen LogP contribution in [0.15, 0.2) is 59.9 Å². The largest absolute Gasteiger partial charge is 0.295 e. The second kappa shape index (κ2) is 14.3. The first-order valence-corrected chi connectivity index (χ1v) is 19.1. The summed E-state index contributed by atoms with van der Waals surface area (Å²) < 4.78 is 3.98. The number of fused-ring (bicyclic) bond motifs is 4. The van der Waals surface area contributed by atoms with E-state index >= 15 is 0 Å². The van der Waals surface area contributed by atoms with Crippen molar-refractivity contribution in [3.05, 3.63) is 115 Å². The van der Waals surface area contributed by atoms with E-state index < -0.39 is 29.7 Å². The van der Waals surface area contributed by atoms with Crippen molar-refractivity contribution in [2.75, 3.05) is 0 Å². The Hall–Kier alpha value is -5.71. The number of unbranched alkanes of at least 4 members (excludes halogenated alkanes) is 2. The highest BCUT2D eigenvalue weighted by atomic mass is 35.5. The molecule has 4 amide bonds. The fraction of sp³-hybridized carbons (Fsp3) is 0.300. The van der Waals surface area contributed by atoms with E-state index in [-0.39, 0.29) is 18.9 Å². The highest BCUT2D eigenvalue weighted by Gasteiger charge is 2.45. The summed E-state index contributed by atoms with van der Waals surface area (Å²) in [5.41, 5.74) is 6.16. The number of aliphatic imine (C=N–C) groups is 1. The molecular formula is C40H35ClN8O4S. The number of halogens is 1. The van der Waals surface area contributed by atoms with Crippen molar-refractivity contribution in [2.45, 2.75) is 77.9 Å². The minimum absolute atomic E-state index is 0.0875. The Labute approximate surface area is 320 Å². The molecule has 2 atom stereocenters. The molecule has 1 unspecified atom stereocenters. The van der Waals surface area contributed by atoms with Crippen LogP contribution < -0.4 is 5.32 Å². The molecule has 0 bridgehead atoms. The molecule has 2 aromatic carbocycles. The summed E-state index contributed by atoms with van der Waals surface area (Å²) in [5, 5.41) is 17.3. The van der Waals surface area contributed by atoms with Crippen molar-refractivity contribution >= 4 is 52.3 Å². The third-order valence-electron chi connectivity index (χ3n) is 10.1. The Kier molecular flexibility index (Phi) is 9.33. The molecule has 0 aliphatic carbocycles. The molecule has 8 rings (SSSR count). The standard InChI is InChI=1S/C40H35ClN8O4S/c1-22-31(54-40-33(22)35(27-12-14-28(41)15-13-27)43-23(2)36-46-45-24(3)48(36)40)17-11-25-20-42-47(21-25)19-6-4-5-8-26-9-7-10-29-34(26)39(53)49(38(29)52)30-16-18-32(50)44-37(30)51/h7,9-10,12-15,20-21,23,30H,4-6,8,16,18-19H2,1-3H3,(H,44,50,51)/t23-,30?/m0/s1. The second-order valence-corrected chi connectivity index (χ2v) is 15.1. The number of imide groups is 2. The Balaban J connectivity index is 0.926. The van der Waals surface area contributed by atoms with E-state index in [1.807, 2.05) is 55.1 Å². The van der Waals surface area contributed by atoms with Gasteiger partial charge in [0.1, 0.15) is 22.9 Å². The lowest BCUT2D eigenvalue weighted by Gasteiger charge is -2.27. The summed E-state index contributed by atoms with van der Waals surface area (Å²) in [7, 11) is 0. The van der Waals surface area contributed by atoms with E-state index in [0.717, 1.165) is 79.2 Å². The molecule has 3 aliphatic heterocycles. The molecule has 1 N–H and O–H groups in total. The van der Waals surface area contributed by atoms with E-state index in [2.05, 4.69) is 43.9 Å². The summed E-state index contributed by atoms with van der Waals surface area (Å²) in [6.45, 7) is 6.76. The fourth-order valence-corrected chi connectivity index (χ4v) is 8.68. The Morgan fingerprint density at radius 1 is 0.963 bits per heavy atom. The van der Waals surface area contributed by atoms with Crippen molar-refractivity contribution in [3.63, 3.8) is 0 Å². The van der Waals surface area contributed by atoms with Crippen LogP contribution in [-0.2, 0) is 22.6 Å². The number of aryl methyl sites for hydroxylation is 3. The third-order valence-corrected chi connectivity index (χ3v) is 11.5. The number of thiophene rings is 1. The number of hydrogen-bond acceptors (Lipinski definition) is 9. The Bertz CT molecular complexity index is 2470. The predicted molar refractivity (Wildman–Crippen MR) is 203 cm³/mol. The van der Waals surface area contributed by atoms with Gasteiger partial charge in [0.2, 0.25) is 11.8 Å². The van der Waals surface area contributed by atoms with Crippen LogP contribution in [0.2, 0.25) is 5.02 Å². The first-order valence-electron chi connectivity index (χ1n) is 17.9. The zero-order valence-corrected chi connectivity index (χ0v) is 31.4. The number of carbonyl (C=O) groups excluding carboxylic acids is 4. The van der Waals surface area contributed by atoms with Crippen LogP contribution in [0, 0.1) is 25.7 Å². The molecule has 1 fully saturated rings. The van der Waals surface area contributed by atoms with Crippen LogP contribution in [0.5, 0.6) is 0 Å². The number of piperidine rings is 1. The molecule has 0 saturated carbocycles. The van der Waals surface area contributed by atoms with Crippen LogP contribution in [0.3, 0.4) is 0 Å². The smallest absolute Gasteiger partial charge is 0.262 e. The second-order valence-electron chi connectivity index (χ2n) is 13.7. The molecule has 0 radical (unpaired) electrons. The highest BCUT2D eigenvalue weighted by Crippen LogP contribution is 2.39. The number of amides is 4. The number of aromatic nitrogens is 5. The van der Waals surface area contributed by atoms with Gasteiger partial charge < -0.3 is 0 Å². The number of hydrogen-bond donors (Lipinski definition) is 1. The van der Waals surface area contributed by atoms with Gasteiger partial charge in [0, 0.05) is 35.3 Å². The molecule has 3 aromatic heterocycles. The monoisotopic (exact) mass is 758 g/mol. The summed E-state index contributed by atoms with van der Waals surface area (Å²) >= 11 is 7.83. The maximum absolute atomic E-state index is 13.4. The molecule has 3 aliphatic rings. The summed E-state index contributed by atoms with van der Waals surface area (Å²) in [6, 6.07) is 11.8. The first-order chi connectivity index (χ1) is 26.1. The molecule has 14 heteroatoms. The van der Waals surface area contributed by atoms with Gasteiger partial charge in [-0.05, 0) is 75.8 Å². The lowest BCUT2D eigenvalue weighted by atomic mass is 9.98. The average molecular weight is 759 g/mol. The molecule has 12 nitrogen and oxygen atoms in total. The van der Waals surface area contributed by atoms with Crippen molar-refractivity contribution in [1.29, 1.82) is 0 Å². The van der Waals surface area contributed by atoms with Gasteiger partial charge in [0.15, 0.2) is 5.82 Å². The van der Waals surface area contributed by atoms with E-state index in [0.29, 0.717) is 29.1 Å². The van der Waals surface area contributed by atoms with Crippen molar-refractivity contribution < 1.29 is 19.2 Å². The molecule has 1 saturated heterocycles. The normalized spacial score (nSPS) is 17.7. The lowest BCUT2D eigenvalue weighted by molar-refractivity contribution is -0.136. The maximum Gasteiger partial charge on any atom is 0.262 e. The van der Waals surface area contributed by atoms with E-state index in [1.54, 1.807) is 29.7 Å². The van der Waals surface area contributed by atoms with Gasteiger partial charge in [-0.1, -0.05) is 54.1 Å². The minimum atomic E-state index is -0.977. The third kappa shape index (κ3) is 6.35. The number of benzene rings is 2. The van der Waals surface area contributed by atoms with E-state index in [9.17, 15) is 19.2 Å². The maximum atomic E-state index is 13.4. The predicted octanol–water partition coefficient (Wildman–Crippen LogP) is 5.92. The van der Waals surface area contributed by atoms with Gasteiger partial charge in [-0.2, -0.15) is 5.10 Å². The number of rotatable bonds is 8. The van der Waals surface area contributed by atoms with Crippen LogP contribution in [0.25, 0.3) is 5.00 Å². The molecule has 0 spiro atoms. The summed E-state index contributed by atoms with van der Waals surface area (Å²) in [5.74, 6) is 6.32. The number of carbonyl (C=O) groups is 4. The summed E-state index contributed by atoms with van der Waals surface area (Å²) in [4.78, 5) is 57.7. The summed E-state index contributed by atoms with van der Waals surface area (Å²) in [6.07, 6.45) is 7.10.